The molecule has 1 heterocycles. The maximum absolute atomic E-state index is 12.7. The van der Waals surface area contributed by atoms with Gasteiger partial charge in [0.2, 0.25) is 0 Å². The van der Waals surface area contributed by atoms with Crippen molar-refractivity contribution in [3.63, 3.8) is 0 Å². The Balaban J connectivity index is 1.54. The van der Waals surface area contributed by atoms with Gasteiger partial charge < -0.3 is 9.52 Å². The minimum absolute atomic E-state index is 0.0710. The van der Waals surface area contributed by atoms with Crippen LogP contribution in [-0.4, -0.2) is 5.11 Å². The Morgan fingerprint density at radius 1 is 0.963 bits per heavy atom. The molecule has 0 aliphatic heterocycles. The summed E-state index contributed by atoms with van der Waals surface area (Å²) in [6.45, 7) is 0. The molecule has 1 saturated carbocycles. The quantitative estimate of drug-likeness (QED) is 0.640. The van der Waals surface area contributed by atoms with Gasteiger partial charge in [-0.3, -0.25) is 0 Å². The first-order valence-corrected chi connectivity index (χ1v) is 9.67. The van der Waals surface area contributed by atoms with Crippen molar-refractivity contribution >= 4 is 0 Å². The van der Waals surface area contributed by atoms with Gasteiger partial charge in [0.05, 0.1) is 5.56 Å². The number of aryl methyl sites for hydroxylation is 2. The molecule has 1 unspecified atom stereocenters. The van der Waals surface area contributed by atoms with Crippen LogP contribution < -0.4 is 5.63 Å². The van der Waals surface area contributed by atoms with Crippen LogP contribution in [-0.2, 0) is 12.8 Å². The standard InChI is InChI=1S/C24H24O3/c25-21-16-20(13-7-10-17-8-3-1-4-9-17)27-24(26)23(21)22(19-14-15-19)18-11-5-2-6-12-18/h1-6,8-9,11-12,16,19,22,25H,7,10,13-15H2. The zero-order valence-electron chi connectivity index (χ0n) is 15.3. The second kappa shape index (κ2) is 7.83. The fourth-order valence-electron chi connectivity index (χ4n) is 3.82. The van der Waals surface area contributed by atoms with Gasteiger partial charge in [-0.2, -0.15) is 0 Å². The molecule has 138 valence electrons. The third-order valence-corrected chi connectivity index (χ3v) is 5.31. The summed E-state index contributed by atoms with van der Waals surface area (Å²) in [5.41, 5.74) is 2.35. The lowest BCUT2D eigenvalue weighted by Crippen LogP contribution is -2.16. The molecule has 1 aromatic heterocycles. The zero-order chi connectivity index (χ0) is 18.6. The molecule has 1 aliphatic rings. The van der Waals surface area contributed by atoms with Gasteiger partial charge in [0, 0.05) is 18.4 Å². The molecular formula is C24H24O3. The second-order valence-electron chi connectivity index (χ2n) is 7.36. The molecule has 1 aliphatic carbocycles. The first-order chi connectivity index (χ1) is 13.2. The molecule has 0 amide bonds. The summed E-state index contributed by atoms with van der Waals surface area (Å²) < 4.78 is 5.59. The SMILES string of the molecule is O=c1oc(CCCc2ccccc2)cc(O)c1C(c1ccccc1)C1CC1. The summed E-state index contributed by atoms with van der Waals surface area (Å²) in [7, 11) is 0. The highest BCUT2D eigenvalue weighted by molar-refractivity contribution is 5.41. The number of hydrogen-bond acceptors (Lipinski definition) is 3. The van der Waals surface area contributed by atoms with E-state index in [-0.39, 0.29) is 11.7 Å². The van der Waals surface area contributed by atoms with Crippen molar-refractivity contribution in [3.8, 4) is 5.75 Å². The molecular weight excluding hydrogens is 336 g/mol. The monoisotopic (exact) mass is 360 g/mol. The van der Waals surface area contributed by atoms with Gasteiger partial charge in [-0.1, -0.05) is 60.7 Å². The normalized spacial score (nSPS) is 14.8. The van der Waals surface area contributed by atoms with Gasteiger partial charge in [-0.05, 0) is 42.7 Å². The fourth-order valence-corrected chi connectivity index (χ4v) is 3.82. The lowest BCUT2D eigenvalue weighted by molar-refractivity contribution is 0.401. The van der Waals surface area contributed by atoms with Gasteiger partial charge in [0.15, 0.2) is 0 Å². The first-order valence-electron chi connectivity index (χ1n) is 9.67. The van der Waals surface area contributed by atoms with E-state index < -0.39 is 5.63 Å². The average molecular weight is 360 g/mol. The number of hydrogen-bond donors (Lipinski definition) is 1. The van der Waals surface area contributed by atoms with E-state index in [1.54, 1.807) is 6.07 Å². The van der Waals surface area contributed by atoms with Crippen LogP contribution in [0.4, 0.5) is 0 Å². The van der Waals surface area contributed by atoms with Gasteiger partial charge >= 0.3 is 5.63 Å². The number of aromatic hydroxyl groups is 1. The maximum atomic E-state index is 12.7. The summed E-state index contributed by atoms with van der Waals surface area (Å²) in [5, 5.41) is 10.6. The van der Waals surface area contributed by atoms with Gasteiger partial charge in [-0.25, -0.2) is 4.79 Å². The molecule has 0 spiro atoms. The maximum Gasteiger partial charge on any atom is 0.343 e. The Bertz CT molecular complexity index is 940. The molecule has 3 aromatic rings. The van der Waals surface area contributed by atoms with E-state index in [0.717, 1.165) is 31.2 Å². The average Bonchev–Trinajstić information content (AvgIpc) is 3.51. The van der Waals surface area contributed by atoms with Gasteiger partial charge in [0.1, 0.15) is 11.5 Å². The van der Waals surface area contributed by atoms with Gasteiger partial charge in [0.25, 0.3) is 0 Å². The third-order valence-electron chi connectivity index (χ3n) is 5.31. The van der Waals surface area contributed by atoms with E-state index >= 15 is 0 Å². The number of benzene rings is 2. The molecule has 1 N–H and O–H groups in total. The molecule has 3 heteroatoms. The van der Waals surface area contributed by atoms with Crippen molar-refractivity contribution in [2.24, 2.45) is 5.92 Å². The lowest BCUT2D eigenvalue weighted by Gasteiger charge is -2.17. The van der Waals surface area contributed by atoms with Crippen LogP contribution in [0.2, 0.25) is 0 Å². The minimum atomic E-state index is -0.398. The molecule has 4 rings (SSSR count). The Morgan fingerprint density at radius 2 is 1.63 bits per heavy atom. The highest BCUT2D eigenvalue weighted by atomic mass is 16.4. The van der Waals surface area contributed by atoms with Crippen LogP contribution in [0, 0.1) is 5.92 Å². The molecule has 1 atom stereocenters. The van der Waals surface area contributed by atoms with E-state index in [2.05, 4.69) is 12.1 Å². The first kappa shape index (κ1) is 17.6. The van der Waals surface area contributed by atoms with Gasteiger partial charge in [-0.15, -0.1) is 0 Å². The molecule has 27 heavy (non-hydrogen) atoms. The van der Waals surface area contributed by atoms with Crippen molar-refractivity contribution < 1.29 is 9.52 Å². The van der Waals surface area contributed by atoms with E-state index in [0.29, 0.717) is 23.7 Å². The Morgan fingerprint density at radius 3 is 2.26 bits per heavy atom. The largest absolute Gasteiger partial charge is 0.507 e. The fraction of sp³-hybridized carbons (Fsp3) is 0.292. The highest BCUT2D eigenvalue weighted by Gasteiger charge is 2.37. The van der Waals surface area contributed by atoms with Crippen LogP contribution >= 0.6 is 0 Å². The van der Waals surface area contributed by atoms with E-state index in [1.807, 2.05) is 48.5 Å². The third kappa shape index (κ3) is 4.13. The Kier molecular flexibility index (Phi) is 5.10. The van der Waals surface area contributed by atoms with E-state index in [4.69, 9.17) is 4.42 Å². The predicted molar refractivity (Wildman–Crippen MR) is 106 cm³/mol. The van der Waals surface area contributed by atoms with E-state index in [1.165, 1.54) is 5.56 Å². The molecule has 3 nitrogen and oxygen atoms in total. The molecule has 2 aromatic carbocycles. The number of rotatable bonds is 7. The van der Waals surface area contributed by atoms with Crippen molar-refractivity contribution in [1.29, 1.82) is 0 Å². The van der Waals surface area contributed by atoms with E-state index in [9.17, 15) is 9.90 Å². The minimum Gasteiger partial charge on any atom is -0.507 e. The highest BCUT2D eigenvalue weighted by Crippen LogP contribution is 2.47. The Labute approximate surface area is 159 Å². The summed E-state index contributed by atoms with van der Waals surface area (Å²) in [6, 6.07) is 21.8. The summed E-state index contributed by atoms with van der Waals surface area (Å²) in [6.07, 6.45) is 4.59. The molecule has 0 saturated heterocycles. The Hall–Kier alpha value is -2.81. The van der Waals surface area contributed by atoms with Crippen molar-refractivity contribution in [2.45, 2.75) is 38.0 Å². The summed E-state index contributed by atoms with van der Waals surface area (Å²) in [5.74, 6) is 0.951. The zero-order valence-corrected chi connectivity index (χ0v) is 15.3. The second-order valence-corrected chi connectivity index (χ2v) is 7.36. The van der Waals surface area contributed by atoms with Crippen LogP contribution in [0.5, 0.6) is 5.75 Å². The van der Waals surface area contributed by atoms with Crippen LogP contribution in [0.3, 0.4) is 0 Å². The summed E-state index contributed by atoms with van der Waals surface area (Å²) >= 11 is 0. The van der Waals surface area contributed by atoms with Crippen LogP contribution in [0.15, 0.2) is 75.9 Å². The molecule has 0 radical (unpaired) electrons. The molecule has 0 bridgehead atoms. The predicted octanol–water partition coefficient (Wildman–Crippen LogP) is 5.06. The van der Waals surface area contributed by atoms with Crippen molar-refractivity contribution in [2.75, 3.05) is 0 Å². The summed E-state index contributed by atoms with van der Waals surface area (Å²) in [4.78, 5) is 12.7. The molecule has 1 fully saturated rings. The van der Waals surface area contributed by atoms with Crippen molar-refractivity contribution in [3.05, 3.63) is 99.6 Å². The van der Waals surface area contributed by atoms with Crippen LogP contribution in [0.1, 0.15) is 47.6 Å². The lowest BCUT2D eigenvalue weighted by atomic mass is 9.87. The smallest absolute Gasteiger partial charge is 0.343 e. The van der Waals surface area contributed by atoms with Crippen LogP contribution in [0.25, 0.3) is 0 Å². The topological polar surface area (TPSA) is 50.4 Å². The van der Waals surface area contributed by atoms with Crippen molar-refractivity contribution in [1.82, 2.24) is 0 Å².